The predicted octanol–water partition coefficient (Wildman–Crippen LogP) is 3.85. The fourth-order valence-corrected chi connectivity index (χ4v) is 3.16. The SMILES string of the molecule is O=C(O)CCN(Cc1ccc(F)c(F)c1)C(=O)CCCc1cccs1. The summed E-state index contributed by atoms with van der Waals surface area (Å²) < 4.78 is 26.4. The molecule has 1 aromatic carbocycles. The lowest BCUT2D eigenvalue weighted by Crippen LogP contribution is -2.32. The number of hydrogen-bond donors (Lipinski definition) is 1. The van der Waals surface area contributed by atoms with E-state index in [1.54, 1.807) is 11.3 Å². The molecule has 0 bridgehead atoms. The molecular formula is C18H19F2NO3S. The van der Waals surface area contributed by atoms with Crippen LogP contribution in [0.2, 0.25) is 0 Å². The minimum Gasteiger partial charge on any atom is -0.481 e. The van der Waals surface area contributed by atoms with Crippen LogP contribution < -0.4 is 0 Å². The first kappa shape index (κ1) is 19.1. The summed E-state index contributed by atoms with van der Waals surface area (Å²) in [7, 11) is 0. The molecular weight excluding hydrogens is 348 g/mol. The molecule has 0 saturated heterocycles. The highest BCUT2D eigenvalue weighted by Gasteiger charge is 2.16. The number of aryl methyl sites for hydroxylation is 1. The predicted molar refractivity (Wildman–Crippen MR) is 91.3 cm³/mol. The van der Waals surface area contributed by atoms with Gasteiger partial charge in [-0.15, -0.1) is 11.3 Å². The van der Waals surface area contributed by atoms with E-state index in [0.29, 0.717) is 12.0 Å². The van der Waals surface area contributed by atoms with E-state index in [4.69, 9.17) is 5.11 Å². The summed E-state index contributed by atoms with van der Waals surface area (Å²) in [6.45, 7) is 0.0917. The van der Waals surface area contributed by atoms with Crippen LogP contribution in [0.3, 0.4) is 0 Å². The zero-order valence-corrected chi connectivity index (χ0v) is 14.4. The topological polar surface area (TPSA) is 57.6 Å². The van der Waals surface area contributed by atoms with Crippen molar-refractivity contribution in [2.75, 3.05) is 6.54 Å². The number of rotatable bonds is 9. The largest absolute Gasteiger partial charge is 0.481 e. The van der Waals surface area contributed by atoms with Gasteiger partial charge in [-0.25, -0.2) is 8.78 Å². The number of halogens is 2. The van der Waals surface area contributed by atoms with Crippen LogP contribution in [0.25, 0.3) is 0 Å². The van der Waals surface area contributed by atoms with Crippen molar-refractivity contribution in [2.24, 2.45) is 0 Å². The average Bonchev–Trinajstić information content (AvgIpc) is 3.07. The number of carboxylic acids is 1. The van der Waals surface area contributed by atoms with Crippen molar-refractivity contribution in [3.63, 3.8) is 0 Å². The Morgan fingerprint density at radius 2 is 1.92 bits per heavy atom. The Morgan fingerprint density at radius 3 is 2.56 bits per heavy atom. The van der Waals surface area contributed by atoms with E-state index >= 15 is 0 Å². The number of amides is 1. The number of hydrogen-bond acceptors (Lipinski definition) is 3. The summed E-state index contributed by atoms with van der Waals surface area (Å²) in [4.78, 5) is 25.8. The van der Waals surface area contributed by atoms with E-state index in [0.717, 1.165) is 18.6 Å². The lowest BCUT2D eigenvalue weighted by atomic mass is 10.1. The molecule has 134 valence electrons. The Bertz CT molecular complexity index is 719. The molecule has 2 rings (SSSR count). The summed E-state index contributed by atoms with van der Waals surface area (Å²) in [5.41, 5.74) is 0.427. The molecule has 0 saturated carbocycles. The smallest absolute Gasteiger partial charge is 0.305 e. The summed E-state index contributed by atoms with van der Waals surface area (Å²) in [5.74, 6) is -3.15. The summed E-state index contributed by atoms with van der Waals surface area (Å²) in [5, 5.41) is 10.8. The molecule has 1 N–H and O–H groups in total. The molecule has 0 spiro atoms. The van der Waals surface area contributed by atoms with E-state index in [-0.39, 0.29) is 31.8 Å². The molecule has 1 aromatic heterocycles. The second-order valence-corrected chi connectivity index (χ2v) is 6.67. The van der Waals surface area contributed by atoms with E-state index in [2.05, 4.69) is 0 Å². The number of nitrogens with zero attached hydrogens (tertiary/aromatic N) is 1. The number of carbonyl (C=O) groups excluding carboxylic acids is 1. The van der Waals surface area contributed by atoms with Crippen LogP contribution in [0.5, 0.6) is 0 Å². The standard InChI is InChI=1S/C18H19F2NO3S/c19-15-7-6-13(11-16(15)20)12-21(9-8-18(23)24)17(22)5-1-3-14-4-2-10-25-14/h2,4,6-7,10-11H,1,3,5,8-9,12H2,(H,23,24). The Kier molecular flexibility index (Phi) is 7.06. The molecule has 4 nitrogen and oxygen atoms in total. The van der Waals surface area contributed by atoms with Crippen LogP contribution in [-0.4, -0.2) is 28.4 Å². The first-order chi connectivity index (χ1) is 12.0. The maximum atomic E-state index is 13.3. The van der Waals surface area contributed by atoms with E-state index in [1.165, 1.54) is 15.8 Å². The van der Waals surface area contributed by atoms with Crippen molar-refractivity contribution in [1.29, 1.82) is 0 Å². The zero-order chi connectivity index (χ0) is 18.2. The van der Waals surface area contributed by atoms with Crippen LogP contribution in [0.15, 0.2) is 35.7 Å². The Hall–Kier alpha value is -2.28. The Labute approximate surface area is 148 Å². The van der Waals surface area contributed by atoms with Gasteiger partial charge in [0.15, 0.2) is 11.6 Å². The van der Waals surface area contributed by atoms with Gasteiger partial charge in [-0.3, -0.25) is 9.59 Å². The molecule has 1 heterocycles. The highest BCUT2D eigenvalue weighted by molar-refractivity contribution is 7.09. The number of carbonyl (C=O) groups is 2. The van der Waals surface area contributed by atoms with Crippen LogP contribution >= 0.6 is 11.3 Å². The molecule has 0 atom stereocenters. The van der Waals surface area contributed by atoms with Crippen molar-refractivity contribution in [3.8, 4) is 0 Å². The number of benzene rings is 1. The fraction of sp³-hybridized carbons (Fsp3) is 0.333. The van der Waals surface area contributed by atoms with Gasteiger partial charge in [0.1, 0.15) is 0 Å². The second kappa shape index (κ2) is 9.27. The minimum absolute atomic E-state index is 0.0339. The summed E-state index contributed by atoms with van der Waals surface area (Å²) in [6.07, 6.45) is 1.52. The molecule has 0 unspecified atom stereocenters. The van der Waals surface area contributed by atoms with Gasteiger partial charge in [0.25, 0.3) is 0 Å². The number of thiophene rings is 1. The second-order valence-electron chi connectivity index (χ2n) is 5.64. The minimum atomic E-state index is -1.01. The van der Waals surface area contributed by atoms with Gasteiger partial charge in [0.2, 0.25) is 5.91 Å². The quantitative estimate of drug-likeness (QED) is 0.732. The maximum Gasteiger partial charge on any atom is 0.305 e. The van der Waals surface area contributed by atoms with Crippen molar-refractivity contribution < 1.29 is 23.5 Å². The van der Waals surface area contributed by atoms with Crippen LogP contribution in [0, 0.1) is 11.6 Å². The third kappa shape index (κ3) is 6.26. The first-order valence-corrected chi connectivity index (χ1v) is 8.79. The molecule has 0 fully saturated rings. The lowest BCUT2D eigenvalue weighted by Gasteiger charge is -2.22. The molecule has 25 heavy (non-hydrogen) atoms. The van der Waals surface area contributed by atoms with E-state index in [1.807, 2.05) is 17.5 Å². The number of carboxylic acid groups (broad SMARTS) is 1. The van der Waals surface area contributed by atoms with Crippen LogP contribution in [0.4, 0.5) is 8.78 Å². The van der Waals surface area contributed by atoms with Gasteiger partial charge in [0, 0.05) is 24.4 Å². The van der Waals surface area contributed by atoms with Crippen molar-refractivity contribution in [2.45, 2.75) is 32.2 Å². The van der Waals surface area contributed by atoms with Gasteiger partial charge >= 0.3 is 5.97 Å². The maximum absolute atomic E-state index is 13.3. The van der Waals surface area contributed by atoms with Crippen LogP contribution in [-0.2, 0) is 22.6 Å². The normalized spacial score (nSPS) is 10.6. The molecule has 7 heteroatoms. The molecule has 2 aromatic rings. The molecule has 1 amide bonds. The fourth-order valence-electron chi connectivity index (χ4n) is 2.41. The highest BCUT2D eigenvalue weighted by atomic mass is 32.1. The molecule has 0 aliphatic rings. The van der Waals surface area contributed by atoms with Gasteiger partial charge in [0.05, 0.1) is 6.42 Å². The molecule has 0 aliphatic heterocycles. The summed E-state index contributed by atoms with van der Waals surface area (Å²) in [6, 6.07) is 7.37. The van der Waals surface area contributed by atoms with Gasteiger partial charge in [-0.2, -0.15) is 0 Å². The van der Waals surface area contributed by atoms with E-state index < -0.39 is 17.6 Å². The molecule has 0 radical (unpaired) electrons. The van der Waals surface area contributed by atoms with Crippen molar-refractivity contribution in [3.05, 3.63) is 57.8 Å². The third-order valence-corrected chi connectivity index (χ3v) is 4.64. The van der Waals surface area contributed by atoms with Crippen molar-refractivity contribution in [1.82, 2.24) is 4.90 Å². The Morgan fingerprint density at radius 1 is 1.12 bits per heavy atom. The first-order valence-electron chi connectivity index (χ1n) is 7.91. The third-order valence-electron chi connectivity index (χ3n) is 3.70. The molecule has 0 aliphatic carbocycles. The van der Waals surface area contributed by atoms with E-state index in [9.17, 15) is 18.4 Å². The van der Waals surface area contributed by atoms with Gasteiger partial charge in [-0.05, 0) is 42.0 Å². The average molecular weight is 367 g/mol. The number of aliphatic carboxylic acids is 1. The summed E-state index contributed by atoms with van der Waals surface area (Å²) >= 11 is 1.62. The van der Waals surface area contributed by atoms with Gasteiger partial charge < -0.3 is 10.0 Å². The zero-order valence-electron chi connectivity index (χ0n) is 13.6. The lowest BCUT2D eigenvalue weighted by molar-refractivity contribution is -0.138. The van der Waals surface area contributed by atoms with Crippen LogP contribution in [0.1, 0.15) is 29.7 Å². The Balaban J connectivity index is 1.96. The monoisotopic (exact) mass is 367 g/mol. The van der Waals surface area contributed by atoms with Crippen molar-refractivity contribution >= 4 is 23.2 Å². The highest BCUT2D eigenvalue weighted by Crippen LogP contribution is 2.15. The van der Waals surface area contributed by atoms with Gasteiger partial charge in [-0.1, -0.05) is 12.1 Å².